The van der Waals surface area contributed by atoms with Gasteiger partial charge in [-0.1, -0.05) is 42.5 Å². The highest BCUT2D eigenvalue weighted by Gasteiger charge is 2.18. The minimum atomic E-state index is -1.17. The number of hydrogen-bond donors (Lipinski definition) is 3. The molecule has 3 N–H and O–H groups in total. The average molecular weight is 361 g/mol. The van der Waals surface area contributed by atoms with Crippen molar-refractivity contribution in [3.8, 4) is 11.1 Å². The summed E-state index contributed by atoms with van der Waals surface area (Å²) in [5.41, 5.74) is 3.45. The van der Waals surface area contributed by atoms with Crippen molar-refractivity contribution in [1.82, 2.24) is 10.3 Å². The maximum atomic E-state index is 12.4. The summed E-state index contributed by atoms with van der Waals surface area (Å²) >= 11 is 0. The van der Waals surface area contributed by atoms with Crippen LogP contribution in [0.15, 0.2) is 79.1 Å². The molecule has 3 rings (SSSR count). The van der Waals surface area contributed by atoms with Gasteiger partial charge < -0.3 is 15.7 Å². The second kappa shape index (κ2) is 8.62. The van der Waals surface area contributed by atoms with Crippen molar-refractivity contribution in [2.45, 2.75) is 12.5 Å². The van der Waals surface area contributed by atoms with Crippen molar-refractivity contribution in [3.63, 3.8) is 0 Å². The fourth-order valence-corrected chi connectivity index (χ4v) is 2.77. The van der Waals surface area contributed by atoms with Crippen molar-refractivity contribution in [2.24, 2.45) is 0 Å². The van der Waals surface area contributed by atoms with Crippen molar-refractivity contribution in [2.75, 3.05) is 5.32 Å². The molecule has 1 aromatic heterocycles. The Morgan fingerprint density at radius 1 is 0.889 bits per heavy atom. The van der Waals surface area contributed by atoms with Gasteiger partial charge in [-0.3, -0.25) is 9.78 Å². The van der Waals surface area contributed by atoms with Crippen LogP contribution in [0.1, 0.15) is 18.0 Å². The lowest BCUT2D eigenvalue weighted by Crippen LogP contribution is -2.30. The third-order valence-corrected chi connectivity index (χ3v) is 4.07. The van der Waals surface area contributed by atoms with Crippen LogP contribution in [-0.4, -0.2) is 22.1 Å². The molecule has 6 heteroatoms. The molecule has 0 saturated carbocycles. The van der Waals surface area contributed by atoms with Crippen LogP contribution in [0.25, 0.3) is 11.1 Å². The molecule has 2 amide bonds. The number of carbonyl (C=O) groups is 2. The minimum absolute atomic E-state index is 0.00240. The summed E-state index contributed by atoms with van der Waals surface area (Å²) in [6, 6.07) is 19.7. The molecule has 0 bridgehead atoms. The molecular formula is C21H19N3O3. The Kier molecular flexibility index (Phi) is 5.79. The number of amides is 2. The van der Waals surface area contributed by atoms with E-state index in [0.717, 1.165) is 16.7 Å². The van der Waals surface area contributed by atoms with E-state index in [-0.39, 0.29) is 12.3 Å². The lowest BCUT2D eigenvalue weighted by molar-refractivity contribution is -0.116. The minimum Gasteiger partial charge on any atom is -0.465 e. The van der Waals surface area contributed by atoms with Crippen molar-refractivity contribution >= 4 is 17.7 Å². The number of carbonyl (C=O) groups excluding carboxylic acids is 1. The molecule has 0 saturated heterocycles. The summed E-state index contributed by atoms with van der Waals surface area (Å²) in [5.74, 6) is -0.269. The van der Waals surface area contributed by atoms with Crippen LogP contribution in [0.3, 0.4) is 0 Å². The number of rotatable bonds is 6. The van der Waals surface area contributed by atoms with Gasteiger partial charge in [-0.2, -0.15) is 0 Å². The zero-order valence-corrected chi connectivity index (χ0v) is 14.5. The van der Waals surface area contributed by atoms with Crippen LogP contribution in [0.4, 0.5) is 10.5 Å². The molecule has 1 atom stereocenters. The fourth-order valence-electron chi connectivity index (χ4n) is 2.77. The molecule has 27 heavy (non-hydrogen) atoms. The van der Waals surface area contributed by atoms with Gasteiger partial charge in [-0.05, 0) is 41.0 Å². The number of aromatic nitrogens is 1. The van der Waals surface area contributed by atoms with E-state index in [4.69, 9.17) is 5.11 Å². The molecule has 1 heterocycles. The van der Waals surface area contributed by atoms with E-state index in [1.807, 2.05) is 54.6 Å². The van der Waals surface area contributed by atoms with Gasteiger partial charge in [0, 0.05) is 18.1 Å². The highest BCUT2D eigenvalue weighted by molar-refractivity contribution is 5.91. The van der Waals surface area contributed by atoms with E-state index < -0.39 is 12.1 Å². The van der Waals surface area contributed by atoms with E-state index in [1.54, 1.807) is 24.5 Å². The van der Waals surface area contributed by atoms with Gasteiger partial charge in [-0.25, -0.2) is 4.79 Å². The smallest absolute Gasteiger partial charge is 0.405 e. The zero-order valence-electron chi connectivity index (χ0n) is 14.5. The van der Waals surface area contributed by atoms with Crippen LogP contribution in [0, 0.1) is 0 Å². The number of anilines is 1. The monoisotopic (exact) mass is 361 g/mol. The first-order valence-electron chi connectivity index (χ1n) is 8.46. The molecule has 136 valence electrons. The number of hydrogen-bond acceptors (Lipinski definition) is 3. The van der Waals surface area contributed by atoms with Gasteiger partial charge in [-0.15, -0.1) is 0 Å². The first kappa shape index (κ1) is 18.1. The normalized spacial score (nSPS) is 11.4. The van der Waals surface area contributed by atoms with Gasteiger partial charge in [0.15, 0.2) is 0 Å². The number of carboxylic acid groups (broad SMARTS) is 1. The number of nitrogens with zero attached hydrogens (tertiary/aromatic N) is 1. The maximum absolute atomic E-state index is 12.4. The molecular weight excluding hydrogens is 342 g/mol. The van der Waals surface area contributed by atoms with Crippen LogP contribution in [-0.2, 0) is 4.79 Å². The molecule has 0 unspecified atom stereocenters. The highest BCUT2D eigenvalue weighted by atomic mass is 16.4. The quantitative estimate of drug-likeness (QED) is 0.617. The summed E-state index contributed by atoms with van der Waals surface area (Å²) in [6.07, 6.45) is 2.29. The third-order valence-electron chi connectivity index (χ3n) is 4.07. The van der Waals surface area contributed by atoms with E-state index in [9.17, 15) is 9.59 Å². The summed E-state index contributed by atoms with van der Waals surface area (Å²) in [4.78, 5) is 27.4. The van der Waals surface area contributed by atoms with E-state index in [1.165, 1.54) is 0 Å². The molecule has 0 aliphatic rings. The molecule has 0 radical (unpaired) electrons. The fraction of sp³-hybridized carbons (Fsp3) is 0.0952. The molecule has 0 aliphatic heterocycles. The first-order chi connectivity index (χ1) is 13.1. The SMILES string of the molecule is O=C(O)N[C@H](CC(=O)Nc1ccc(-c2ccncc2)cc1)c1ccccc1. The van der Waals surface area contributed by atoms with E-state index >= 15 is 0 Å². The highest BCUT2D eigenvalue weighted by Crippen LogP contribution is 2.22. The third kappa shape index (κ3) is 5.15. The summed E-state index contributed by atoms with van der Waals surface area (Å²) in [7, 11) is 0. The van der Waals surface area contributed by atoms with Crippen molar-refractivity contribution in [1.29, 1.82) is 0 Å². The van der Waals surface area contributed by atoms with Gasteiger partial charge in [0.1, 0.15) is 0 Å². The second-order valence-corrected chi connectivity index (χ2v) is 5.98. The topological polar surface area (TPSA) is 91.3 Å². The first-order valence-corrected chi connectivity index (χ1v) is 8.46. The van der Waals surface area contributed by atoms with Crippen LogP contribution < -0.4 is 10.6 Å². The average Bonchev–Trinajstić information content (AvgIpc) is 2.69. The van der Waals surface area contributed by atoms with E-state index in [2.05, 4.69) is 15.6 Å². The second-order valence-electron chi connectivity index (χ2n) is 5.98. The summed E-state index contributed by atoms with van der Waals surface area (Å²) in [6.45, 7) is 0. The number of nitrogens with one attached hydrogen (secondary N) is 2. The van der Waals surface area contributed by atoms with Gasteiger partial charge in [0.2, 0.25) is 5.91 Å². The Labute approximate surface area is 156 Å². The number of benzene rings is 2. The van der Waals surface area contributed by atoms with Gasteiger partial charge >= 0.3 is 6.09 Å². The Balaban J connectivity index is 1.66. The predicted octanol–water partition coefficient (Wildman–Crippen LogP) is 4.09. The van der Waals surface area contributed by atoms with Crippen molar-refractivity contribution in [3.05, 3.63) is 84.7 Å². The molecule has 2 aromatic carbocycles. The largest absolute Gasteiger partial charge is 0.465 e. The van der Waals surface area contributed by atoms with Gasteiger partial charge in [0.05, 0.1) is 12.5 Å². The molecule has 6 nitrogen and oxygen atoms in total. The predicted molar refractivity (Wildman–Crippen MR) is 103 cm³/mol. The Morgan fingerprint density at radius 3 is 2.15 bits per heavy atom. The lowest BCUT2D eigenvalue weighted by Gasteiger charge is -2.17. The van der Waals surface area contributed by atoms with Crippen molar-refractivity contribution < 1.29 is 14.7 Å². The summed E-state index contributed by atoms with van der Waals surface area (Å²) in [5, 5.41) is 14.2. The van der Waals surface area contributed by atoms with E-state index in [0.29, 0.717) is 5.69 Å². The Bertz CT molecular complexity index is 897. The Morgan fingerprint density at radius 2 is 1.52 bits per heavy atom. The lowest BCUT2D eigenvalue weighted by atomic mass is 10.0. The van der Waals surface area contributed by atoms with Crippen LogP contribution >= 0.6 is 0 Å². The van der Waals surface area contributed by atoms with Crippen LogP contribution in [0.2, 0.25) is 0 Å². The summed E-state index contributed by atoms with van der Waals surface area (Å²) < 4.78 is 0. The maximum Gasteiger partial charge on any atom is 0.405 e. The molecule has 3 aromatic rings. The zero-order chi connectivity index (χ0) is 19.1. The molecule has 0 fully saturated rings. The Hall–Kier alpha value is -3.67. The molecule has 0 aliphatic carbocycles. The molecule has 0 spiro atoms. The standard InChI is InChI=1S/C21H19N3O3/c25-20(14-19(24-21(26)27)17-4-2-1-3-5-17)23-18-8-6-15(7-9-18)16-10-12-22-13-11-16/h1-13,19,24H,14H2,(H,23,25)(H,26,27)/t19-/m1/s1. The van der Waals surface area contributed by atoms with Crippen LogP contribution in [0.5, 0.6) is 0 Å². The van der Waals surface area contributed by atoms with Gasteiger partial charge in [0.25, 0.3) is 0 Å². The number of pyridine rings is 1.